The normalized spacial score (nSPS) is 17.5. The zero-order chi connectivity index (χ0) is 98.8. The van der Waals surface area contributed by atoms with E-state index in [-0.39, 0.29) is 63.0 Å². The van der Waals surface area contributed by atoms with Crippen molar-refractivity contribution in [2.45, 2.75) is 185 Å². The molecule has 0 spiro atoms. The lowest BCUT2D eigenvalue weighted by molar-refractivity contribution is -0.119. The fourth-order valence-corrected chi connectivity index (χ4v) is 15.4. The van der Waals surface area contributed by atoms with E-state index in [9.17, 15) is 47.1 Å². The van der Waals surface area contributed by atoms with E-state index < -0.39 is 32.2 Å². The molecule has 30 heteroatoms. The highest BCUT2D eigenvalue weighted by molar-refractivity contribution is 7.84. The van der Waals surface area contributed by atoms with Gasteiger partial charge in [-0.05, 0) is 277 Å². The number of imidazole rings is 3. The number of hydrogen-bond donors (Lipinski definition) is 8. The Morgan fingerprint density at radius 1 is 0.463 bits per heavy atom. The lowest BCUT2D eigenvalue weighted by atomic mass is 9.71. The second kappa shape index (κ2) is 50.6. The van der Waals surface area contributed by atoms with Crippen molar-refractivity contribution in [2.75, 3.05) is 21.3 Å². The minimum atomic E-state index is -4.09. The molecule has 710 valence electrons. The number of carbonyl (C=O) groups is 7. The first-order valence-electron chi connectivity index (χ1n) is 43.5. The Balaban J connectivity index is 0.000000246. The first kappa shape index (κ1) is 108. The molecule has 0 saturated heterocycles. The SMILES string of the molecule is C/C(=C\C(=O)Nc1ccc(OC(=O)NC(=O)C(Cl)(Cl)Cl)cc1)C(C)C.CC1=C(/C=C/C(C)=C/C=C/C(C)=C/C(=O)Nc2ccc(O)cc2)C(C)(C)CCC1n1ccnc1.CC1=C(/C=C/C(C)=C/C=C/C(C)=C/C(=O)Nc2ccc(OC(N)=O)cc2)C(C)(C)CCC1n1ccnc1.CC1=C(/C=C/C(C)=C/C=C/C(C)=C/C(=O)Nc2ccc(OS(N)(=O)=O)cc2)C(C)(C)CCC1n1ccnc1. The van der Waals surface area contributed by atoms with Crippen LogP contribution in [-0.4, -0.2) is 87.7 Å². The number of rotatable bonds is 28. The molecule has 0 fully saturated rings. The number of hydrogen-bond acceptors (Lipinski definition) is 16. The van der Waals surface area contributed by atoms with Crippen LogP contribution in [-0.2, 0) is 34.3 Å². The largest absolute Gasteiger partial charge is 0.508 e. The van der Waals surface area contributed by atoms with Crippen LogP contribution in [0.15, 0.2) is 341 Å². The second-order valence-electron chi connectivity index (χ2n) is 35.1. The maximum atomic E-state index is 12.3. The number of phenols is 1. The molecule has 3 aromatic heterocycles. The van der Waals surface area contributed by atoms with Gasteiger partial charge in [0, 0.05) is 84.2 Å². The summed E-state index contributed by atoms with van der Waals surface area (Å²) in [6.07, 6.45) is 58.9. The van der Waals surface area contributed by atoms with Crippen molar-refractivity contribution in [3.63, 3.8) is 0 Å². The first-order valence-corrected chi connectivity index (χ1v) is 46.1. The Morgan fingerprint density at radius 2 is 0.761 bits per heavy atom. The Kier molecular flexibility index (Phi) is 40.7. The zero-order valence-electron chi connectivity index (χ0n) is 79.2. The van der Waals surface area contributed by atoms with Crippen LogP contribution in [0.4, 0.5) is 32.3 Å². The molecule has 0 aliphatic heterocycles. The van der Waals surface area contributed by atoms with Crippen LogP contribution < -0.4 is 51.1 Å². The number of phenolic OH excluding ortho intramolecular Hbond substituents is 1. The van der Waals surface area contributed by atoms with Gasteiger partial charge in [0.2, 0.25) is 23.6 Å². The molecule has 3 atom stereocenters. The number of amides is 7. The maximum Gasteiger partial charge on any atom is 0.419 e. The van der Waals surface area contributed by atoms with Crippen molar-refractivity contribution in [2.24, 2.45) is 33.0 Å². The van der Waals surface area contributed by atoms with E-state index >= 15 is 0 Å². The molecular formula is C104H124Cl3N13O13S. The van der Waals surface area contributed by atoms with Crippen LogP contribution >= 0.6 is 34.8 Å². The molecule has 0 radical (unpaired) electrons. The lowest BCUT2D eigenvalue weighted by Gasteiger charge is -2.38. The standard InChI is InChI=1S/C30H36N4O3.C29H36N4O4S.C29H35N3O2.C16H17Cl3N2O4/c1-21(9-14-26-23(3)27(15-16-30(26,4)5)34-18-17-32-20-34)7-6-8-22(2)19-28(35)33-24-10-12-25(13-11-24)37-29(31)36;1-21(9-14-26-23(3)27(15-16-29(26,4)5)33-18-17-31-20-33)7-6-8-22(2)19-28(34)32-24-10-12-25(13-11-24)37-38(30,35)36;1-21(7-6-8-22(2)19-28(34)31-24-10-12-25(33)13-11-24)9-14-26-23(3)27(15-16-29(26,4)5)32-18-17-30-20-32;1-9(2)10(3)8-13(22)20-11-4-6-12(7-5-11)25-15(24)21-14(23)16(17,18)19/h6-14,17-20,27H,15-16H2,1-5H3,(H2,31,36)(H,33,35);6-14,17-20,27H,15-16H2,1-5H3,(H,32,34)(H2,30,35,36);6-14,17-20,27,33H,15-16H2,1-5H3,(H,31,34);4-9H,1-3H3,(H,20,22)(H,21,23,24)/b3*8-6+,14-9+,21-7+,22-19+;10-8+. The van der Waals surface area contributed by atoms with E-state index in [0.29, 0.717) is 46.6 Å². The molecule has 3 aliphatic rings. The van der Waals surface area contributed by atoms with Crippen LogP contribution in [0, 0.1) is 22.2 Å². The summed E-state index contributed by atoms with van der Waals surface area (Å²) in [5.74, 6) is -1.19. The summed E-state index contributed by atoms with van der Waals surface area (Å²) in [6.45, 7) is 38.2. The number of aromatic hydroxyl groups is 1. The number of nitrogens with two attached hydrogens (primary N) is 2. The van der Waals surface area contributed by atoms with Crippen molar-refractivity contribution in [1.29, 1.82) is 0 Å². The number of allylic oxidation sites excluding steroid dienone is 28. The van der Waals surface area contributed by atoms with Gasteiger partial charge in [-0.15, -0.1) is 0 Å². The fourth-order valence-electron chi connectivity index (χ4n) is 14.9. The molecule has 4 aromatic carbocycles. The second-order valence-corrected chi connectivity index (χ2v) is 38.5. The van der Waals surface area contributed by atoms with Gasteiger partial charge in [0.1, 0.15) is 23.0 Å². The molecule has 7 aromatic rings. The minimum Gasteiger partial charge on any atom is -0.508 e. The number of aromatic nitrogens is 6. The minimum absolute atomic E-state index is 0.0629. The Labute approximate surface area is 802 Å². The van der Waals surface area contributed by atoms with Gasteiger partial charge >= 0.3 is 22.5 Å². The highest BCUT2D eigenvalue weighted by Gasteiger charge is 2.36. The third-order valence-electron chi connectivity index (χ3n) is 22.4. The van der Waals surface area contributed by atoms with Crippen LogP contribution in [0.3, 0.4) is 0 Å². The number of benzene rings is 4. The molecule has 3 aliphatic carbocycles. The van der Waals surface area contributed by atoms with E-state index in [1.54, 1.807) is 47.8 Å². The van der Waals surface area contributed by atoms with Gasteiger partial charge in [-0.2, -0.15) is 13.6 Å². The van der Waals surface area contributed by atoms with Gasteiger partial charge in [0.25, 0.3) is 9.70 Å². The van der Waals surface area contributed by atoms with Crippen LogP contribution in [0.5, 0.6) is 23.0 Å². The maximum absolute atomic E-state index is 12.3. The predicted molar refractivity (Wildman–Crippen MR) is 537 cm³/mol. The Hall–Kier alpha value is -13.2. The van der Waals surface area contributed by atoms with Gasteiger partial charge in [-0.25, -0.2) is 24.5 Å². The highest BCUT2D eigenvalue weighted by atomic mass is 35.6. The molecule has 3 heterocycles. The van der Waals surface area contributed by atoms with Gasteiger partial charge in [-0.3, -0.25) is 29.3 Å². The summed E-state index contributed by atoms with van der Waals surface area (Å²) in [4.78, 5) is 94.9. The van der Waals surface area contributed by atoms with Crippen molar-refractivity contribution in [1.82, 2.24) is 34.0 Å². The predicted octanol–water partition coefficient (Wildman–Crippen LogP) is 23.6. The number of carbonyl (C=O) groups excluding carboxylic acids is 7. The van der Waals surface area contributed by atoms with Crippen LogP contribution in [0.1, 0.15) is 181 Å². The average Bonchev–Trinajstić information content (AvgIpc) is 1.32. The number of ether oxygens (including phenoxy) is 2. The number of halogens is 3. The molecule has 134 heavy (non-hydrogen) atoms. The van der Waals surface area contributed by atoms with Crippen molar-refractivity contribution < 1.29 is 60.7 Å². The van der Waals surface area contributed by atoms with Crippen molar-refractivity contribution in [3.05, 3.63) is 341 Å². The van der Waals surface area contributed by atoms with Crippen molar-refractivity contribution >= 4 is 110 Å². The van der Waals surface area contributed by atoms with E-state index in [1.807, 2.05) is 152 Å². The number of primary amides is 1. The van der Waals surface area contributed by atoms with Crippen molar-refractivity contribution in [3.8, 4) is 23.0 Å². The quantitative estimate of drug-likeness (QED) is 0.00977. The molecule has 10 rings (SSSR count). The number of nitrogens with zero attached hydrogens (tertiary/aromatic N) is 6. The van der Waals surface area contributed by atoms with E-state index in [4.69, 9.17) is 55.1 Å². The third-order valence-corrected chi connectivity index (χ3v) is 23.3. The molecule has 3 unspecified atom stereocenters. The third kappa shape index (κ3) is 36.8. The van der Waals surface area contributed by atoms with Gasteiger partial charge in [-0.1, -0.05) is 204 Å². The number of imide groups is 1. The smallest absolute Gasteiger partial charge is 0.419 e. The van der Waals surface area contributed by atoms with Gasteiger partial charge in [0.05, 0.1) is 37.1 Å². The summed E-state index contributed by atoms with van der Waals surface area (Å²) in [7, 11) is -4.09. The summed E-state index contributed by atoms with van der Waals surface area (Å²) >= 11 is 16.0. The number of alkyl halides is 3. The fraction of sp³-hybridized carbons (Fsp3) is 0.308. The van der Waals surface area contributed by atoms with Crippen LogP contribution in [0.2, 0.25) is 0 Å². The summed E-state index contributed by atoms with van der Waals surface area (Å²) in [6, 6.07) is 25.6. The van der Waals surface area contributed by atoms with Gasteiger partial charge < -0.3 is 59.5 Å². The lowest BCUT2D eigenvalue weighted by Crippen LogP contribution is -2.40. The molecule has 0 bridgehead atoms. The Morgan fingerprint density at radius 3 is 1.04 bits per heavy atom. The molecule has 10 N–H and O–H groups in total. The monoisotopic (exact) mass is 1900 g/mol. The topological polar surface area (TPSA) is 367 Å². The molecule has 26 nitrogen and oxygen atoms in total. The van der Waals surface area contributed by atoms with Crippen LogP contribution in [0.25, 0.3) is 0 Å². The first-order chi connectivity index (χ1) is 63.0. The molecule has 0 saturated carbocycles. The van der Waals surface area contributed by atoms with E-state index in [1.165, 1.54) is 112 Å². The highest BCUT2D eigenvalue weighted by Crippen LogP contribution is 2.48. The Bertz CT molecular complexity index is 5910. The zero-order valence-corrected chi connectivity index (χ0v) is 82.3. The molecule has 7 amide bonds. The summed E-state index contributed by atoms with van der Waals surface area (Å²) in [5, 5.41) is 26.9. The van der Waals surface area contributed by atoms with Gasteiger partial charge in [0.15, 0.2) is 0 Å². The summed E-state index contributed by atoms with van der Waals surface area (Å²) in [5.41, 5.74) is 22.6. The average molecular weight is 1900 g/mol. The molecular weight excluding hydrogens is 1780 g/mol. The van der Waals surface area contributed by atoms with E-state index in [0.717, 1.165) is 77.5 Å². The summed E-state index contributed by atoms with van der Waals surface area (Å²) < 4.78 is 40.5. The number of anilines is 4. The van der Waals surface area contributed by atoms with E-state index in [2.05, 4.69) is 174 Å². The number of nitrogens with one attached hydrogen (secondary N) is 5.